The zero-order valence-corrected chi connectivity index (χ0v) is 19.1. The summed E-state index contributed by atoms with van der Waals surface area (Å²) in [6.07, 6.45) is 1.63. The highest BCUT2D eigenvalue weighted by atomic mass is 19.3. The molecule has 0 unspecified atom stereocenters. The van der Waals surface area contributed by atoms with Gasteiger partial charge in [0.05, 0.1) is 5.56 Å². The van der Waals surface area contributed by atoms with E-state index in [0.29, 0.717) is 11.7 Å². The summed E-state index contributed by atoms with van der Waals surface area (Å²) in [5, 5.41) is 0. The van der Waals surface area contributed by atoms with Crippen LogP contribution in [0.4, 0.5) is 8.78 Å². The van der Waals surface area contributed by atoms with Gasteiger partial charge in [-0.05, 0) is 85.7 Å². The third-order valence-corrected chi connectivity index (χ3v) is 6.28. The third kappa shape index (κ3) is 6.25. The van der Waals surface area contributed by atoms with E-state index in [-0.39, 0.29) is 18.1 Å². The summed E-state index contributed by atoms with van der Waals surface area (Å²) in [6, 6.07) is 20.2. The third-order valence-electron chi connectivity index (χ3n) is 6.28. The Hall–Kier alpha value is -3.08. The standard InChI is InChI=1S/C28H30F2O3/c1-20-3-7-22(8-4-20)23-9-15-25(16-10-23)31-19-32-26-17-11-24(12-18-26)28(29,30)33-27-13-5-21(2)6-14-27/h5-6,9-18,20,22H,3-4,7-8,19H2,1-2H3. The van der Waals surface area contributed by atoms with Crippen LogP contribution in [0.3, 0.4) is 0 Å². The van der Waals surface area contributed by atoms with Crippen molar-refractivity contribution in [3.63, 3.8) is 0 Å². The maximum atomic E-state index is 14.4. The molecule has 0 aliphatic heterocycles. The lowest BCUT2D eigenvalue weighted by Crippen LogP contribution is -2.21. The number of halogens is 2. The first-order valence-electron chi connectivity index (χ1n) is 11.5. The van der Waals surface area contributed by atoms with E-state index in [1.165, 1.54) is 67.6 Å². The Balaban J connectivity index is 1.26. The van der Waals surface area contributed by atoms with E-state index in [4.69, 9.17) is 14.2 Å². The first kappa shape index (κ1) is 23.1. The number of benzene rings is 3. The molecule has 1 saturated carbocycles. The number of alkyl halides is 2. The molecule has 0 heterocycles. The van der Waals surface area contributed by atoms with Crippen molar-refractivity contribution in [3.05, 3.63) is 89.5 Å². The molecular formula is C28H30F2O3. The van der Waals surface area contributed by atoms with Gasteiger partial charge in [-0.1, -0.05) is 49.6 Å². The second-order valence-corrected chi connectivity index (χ2v) is 8.89. The average Bonchev–Trinajstić information content (AvgIpc) is 2.82. The Bertz CT molecular complexity index is 1010. The lowest BCUT2D eigenvalue weighted by Gasteiger charge is -2.26. The molecule has 1 aliphatic rings. The molecule has 0 spiro atoms. The van der Waals surface area contributed by atoms with Crippen LogP contribution in [-0.2, 0) is 6.11 Å². The van der Waals surface area contributed by atoms with Gasteiger partial charge in [0.1, 0.15) is 17.2 Å². The molecule has 3 nitrogen and oxygen atoms in total. The second-order valence-electron chi connectivity index (χ2n) is 8.89. The van der Waals surface area contributed by atoms with Crippen LogP contribution in [0.1, 0.15) is 55.2 Å². The lowest BCUT2D eigenvalue weighted by atomic mass is 9.79. The minimum atomic E-state index is -3.44. The topological polar surface area (TPSA) is 27.7 Å². The molecule has 0 atom stereocenters. The summed E-state index contributed by atoms with van der Waals surface area (Å²) in [4.78, 5) is 0. The molecule has 0 N–H and O–H groups in total. The highest BCUT2D eigenvalue weighted by molar-refractivity contribution is 5.32. The number of ether oxygens (including phenoxy) is 3. The van der Waals surface area contributed by atoms with Gasteiger partial charge in [-0.15, -0.1) is 0 Å². The highest BCUT2D eigenvalue weighted by Gasteiger charge is 2.34. The first-order chi connectivity index (χ1) is 15.9. The van der Waals surface area contributed by atoms with E-state index in [0.717, 1.165) is 17.2 Å². The van der Waals surface area contributed by atoms with Gasteiger partial charge in [-0.3, -0.25) is 0 Å². The van der Waals surface area contributed by atoms with Crippen LogP contribution < -0.4 is 14.2 Å². The predicted molar refractivity (Wildman–Crippen MR) is 125 cm³/mol. The largest absolute Gasteiger partial charge is 0.458 e. The quantitative estimate of drug-likeness (QED) is 0.326. The van der Waals surface area contributed by atoms with Crippen molar-refractivity contribution in [2.75, 3.05) is 6.79 Å². The van der Waals surface area contributed by atoms with Crippen LogP contribution in [0, 0.1) is 12.8 Å². The predicted octanol–water partition coefficient (Wildman–Crippen LogP) is 7.83. The molecule has 33 heavy (non-hydrogen) atoms. The molecule has 3 aromatic rings. The summed E-state index contributed by atoms with van der Waals surface area (Å²) >= 11 is 0. The number of rotatable bonds is 8. The average molecular weight is 453 g/mol. The number of hydrogen-bond donors (Lipinski definition) is 0. The van der Waals surface area contributed by atoms with Gasteiger partial charge in [0.15, 0.2) is 0 Å². The summed E-state index contributed by atoms with van der Waals surface area (Å²) in [5.74, 6) is 2.75. The summed E-state index contributed by atoms with van der Waals surface area (Å²) < 4.78 is 45.0. The van der Waals surface area contributed by atoms with Crippen molar-refractivity contribution in [1.82, 2.24) is 0 Å². The van der Waals surface area contributed by atoms with Crippen LogP contribution in [0.25, 0.3) is 0 Å². The van der Waals surface area contributed by atoms with Crippen LogP contribution in [-0.4, -0.2) is 6.79 Å². The molecule has 174 valence electrons. The van der Waals surface area contributed by atoms with E-state index >= 15 is 0 Å². The van der Waals surface area contributed by atoms with Crippen LogP contribution in [0.15, 0.2) is 72.8 Å². The van der Waals surface area contributed by atoms with Crippen molar-refractivity contribution in [2.24, 2.45) is 5.92 Å². The normalized spacial score (nSPS) is 18.5. The molecule has 3 aromatic carbocycles. The van der Waals surface area contributed by atoms with E-state index in [1.54, 1.807) is 12.1 Å². The Morgan fingerprint density at radius 2 is 1.24 bits per heavy atom. The fraction of sp³-hybridized carbons (Fsp3) is 0.357. The van der Waals surface area contributed by atoms with Gasteiger partial charge in [0, 0.05) is 0 Å². The first-order valence-corrected chi connectivity index (χ1v) is 11.5. The highest BCUT2D eigenvalue weighted by Crippen LogP contribution is 2.36. The summed E-state index contributed by atoms with van der Waals surface area (Å²) in [7, 11) is 0. The Labute approximate surface area is 194 Å². The smallest absolute Gasteiger partial charge is 0.426 e. The molecule has 4 rings (SSSR count). The van der Waals surface area contributed by atoms with Gasteiger partial charge in [-0.25, -0.2) is 0 Å². The zero-order chi connectivity index (χ0) is 23.3. The van der Waals surface area contributed by atoms with E-state index in [9.17, 15) is 8.78 Å². The van der Waals surface area contributed by atoms with Crippen molar-refractivity contribution in [2.45, 2.75) is 51.6 Å². The van der Waals surface area contributed by atoms with Crippen LogP contribution in [0.5, 0.6) is 17.2 Å². The van der Waals surface area contributed by atoms with Crippen molar-refractivity contribution in [3.8, 4) is 17.2 Å². The van der Waals surface area contributed by atoms with Gasteiger partial charge < -0.3 is 14.2 Å². The minimum absolute atomic E-state index is 0.00407. The monoisotopic (exact) mass is 452 g/mol. The number of hydrogen-bond acceptors (Lipinski definition) is 3. The molecule has 1 aliphatic carbocycles. The van der Waals surface area contributed by atoms with E-state index in [1.807, 2.05) is 19.1 Å². The molecule has 0 radical (unpaired) electrons. The van der Waals surface area contributed by atoms with Crippen LogP contribution in [0.2, 0.25) is 0 Å². The Kier molecular flexibility index (Phi) is 7.17. The van der Waals surface area contributed by atoms with E-state index in [2.05, 4.69) is 19.1 Å². The van der Waals surface area contributed by atoms with Crippen molar-refractivity contribution < 1.29 is 23.0 Å². The van der Waals surface area contributed by atoms with E-state index < -0.39 is 6.11 Å². The molecule has 0 saturated heterocycles. The Morgan fingerprint density at radius 1 is 0.727 bits per heavy atom. The summed E-state index contributed by atoms with van der Waals surface area (Å²) in [5.41, 5.74) is 2.09. The Morgan fingerprint density at radius 3 is 1.82 bits per heavy atom. The molecule has 0 bridgehead atoms. The number of aryl methyl sites for hydroxylation is 1. The van der Waals surface area contributed by atoms with Gasteiger partial charge >= 0.3 is 6.11 Å². The molecule has 0 aromatic heterocycles. The molecule has 5 heteroatoms. The van der Waals surface area contributed by atoms with Crippen LogP contribution >= 0.6 is 0 Å². The lowest BCUT2D eigenvalue weighted by molar-refractivity contribution is -0.185. The van der Waals surface area contributed by atoms with Crippen molar-refractivity contribution in [1.29, 1.82) is 0 Å². The SMILES string of the molecule is Cc1ccc(OC(F)(F)c2ccc(OCOc3ccc(C4CCC(C)CC4)cc3)cc2)cc1. The second kappa shape index (κ2) is 10.2. The molecule has 1 fully saturated rings. The maximum Gasteiger partial charge on any atom is 0.426 e. The fourth-order valence-electron chi connectivity index (χ4n) is 4.15. The molecular weight excluding hydrogens is 422 g/mol. The van der Waals surface area contributed by atoms with Gasteiger partial charge in [-0.2, -0.15) is 8.78 Å². The molecule has 0 amide bonds. The van der Waals surface area contributed by atoms with Gasteiger partial charge in [0.25, 0.3) is 0 Å². The fourth-order valence-corrected chi connectivity index (χ4v) is 4.15. The minimum Gasteiger partial charge on any atom is -0.458 e. The van der Waals surface area contributed by atoms with Gasteiger partial charge in [0.2, 0.25) is 6.79 Å². The maximum absolute atomic E-state index is 14.4. The summed E-state index contributed by atoms with van der Waals surface area (Å²) in [6.45, 7) is 4.21. The zero-order valence-electron chi connectivity index (χ0n) is 19.1. The van der Waals surface area contributed by atoms with Crippen molar-refractivity contribution >= 4 is 0 Å².